The van der Waals surface area contributed by atoms with Crippen LogP contribution >= 0.6 is 12.4 Å². The quantitative estimate of drug-likeness (QED) is 0.940. The van der Waals surface area contributed by atoms with Gasteiger partial charge >= 0.3 is 0 Å². The van der Waals surface area contributed by atoms with Gasteiger partial charge in [0.1, 0.15) is 0 Å². The number of halogens is 1. The molecule has 4 nitrogen and oxygen atoms in total. The van der Waals surface area contributed by atoms with Crippen LogP contribution in [0.2, 0.25) is 0 Å². The van der Waals surface area contributed by atoms with E-state index in [2.05, 4.69) is 5.32 Å². The summed E-state index contributed by atoms with van der Waals surface area (Å²) >= 11 is 0. The predicted octanol–water partition coefficient (Wildman–Crippen LogP) is 3.38. The zero-order valence-electron chi connectivity index (χ0n) is 11.3. The van der Waals surface area contributed by atoms with E-state index in [4.69, 9.17) is 9.47 Å². The molecule has 0 spiro atoms. The number of para-hydroxylation sites is 1. The van der Waals surface area contributed by atoms with Gasteiger partial charge in [-0.2, -0.15) is 0 Å². The van der Waals surface area contributed by atoms with E-state index in [0.717, 1.165) is 5.69 Å². The number of amides is 1. The number of hydrogen-bond acceptors (Lipinski definition) is 3. The first kappa shape index (κ1) is 15.9. The van der Waals surface area contributed by atoms with Gasteiger partial charge in [0.05, 0.1) is 14.2 Å². The molecule has 0 aliphatic heterocycles. The van der Waals surface area contributed by atoms with Crippen molar-refractivity contribution in [2.45, 2.75) is 0 Å². The molecule has 1 amide bonds. The van der Waals surface area contributed by atoms with Crippen LogP contribution in [0.15, 0.2) is 48.5 Å². The Morgan fingerprint density at radius 3 is 2.20 bits per heavy atom. The number of anilines is 1. The van der Waals surface area contributed by atoms with Crippen molar-refractivity contribution >= 4 is 24.0 Å². The normalized spacial score (nSPS) is 9.30. The summed E-state index contributed by atoms with van der Waals surface area (Å²) in [7, 11) is 3.10. The van der Waals surface area contributed by atoms with E-state index in [-0.39, 0.29) is 18.3 Å². The molecule has 0 aliphatic carbocycles. The standard InChI is InChI=1S/C15H15NO3.ClH/c1-18-13-9-8-11(10-14(13)19-2)15(17)16-12-6-4-3-5-7-12;/h3-10H,1-2H3,(H,16,17);1H. The van der Waals surface area contributed by atoms with E-state index in [0.29, 0.717) is 17.1 Å². The van der Waals surface area contributed by atoms with Crippen LogP contribution in [0.3, 0.4) is 0 Å². The zero-order chi connectivity index (χ0) is 13.7. The molecule has 2 aromatic carbocycles. The summed E-state index contributed by atoms with van der Waals surface area (Å²) in [5.74, 6) is 0.939. The molecule has 0 radical (unpaired) electrons. The fourth-order valence-corrected chi connectivity index (χ4v) is 1.70. The Kier molecular flexibility index (Phi) is 5.87. The molecule has 2 aromatic rings. The molecule has 20 heavy (non-hydrogen) atoms. The van der Waals surface area contributed by atoms with Gasteiger partial charge in [-0.1, -0.05) is 18.2 Å². The highest BCUT2D eigenvalue weighted by Gasteiger charge is 2.10. The van der Waals surface area contributed by atoms with Crippen LogP contribution in [0.1, 0.15) is 10.4 Å². The van der Waals surface area contributed by atoms with Gasteiger partial charge in [0.15, 0.2) is 11.5 Å². The predicted molar refractivity (Wildman–Crippen MR) is 81.2 cm³/mol. The Labute approximate surface area is 124 Å². The lowest BCUT2D eigenvalue weighted by Crippen LogP contribution is -2.11. The molecule has 1 N–H and O–H groups in total. The number of benzene rings is 2. The Morgan fingerprint density at radius 1 is 0.950 bits per heavy atom. The van der Waals surface area contributed by atoms with Crippen molar-refractivity contribution in [2.24, 2.45) is 0 Å². The zero-order valence-corrected chi connectivity index (χ0v) is 12.1. The van der Waals surface area contributed by atoms with Crippen LogP contribution in [0.5, 0.6) is 11.5 Å². The van der Waals surface area contributed by atoms with Gasteiger partial charge in [-0.05, 0) is 30.3 Å². The molecule has 0 heterocycles. The summed E-state index contributed by atoms with van der Waals surface area (Å²) in [5.41, 5.74) is 1.27. The summed E-state index contributed by atoms with van der Waals surface area (Å²) in [5, 5.41) is 2.81. The maximum atomic E-state index is 12.1. The van der Waals surface area contributed by atoms with Crippen LogP contribution in [0.25, 0.3) is 0 Å². The van der Waals surface area contributed by atoms with Gasteiger partial charge in [-0.25, -0.2) is 0 Å². The van der Waals surface area contributed by atoms with Gasteiger partial charge in [0, 0.05) is 11.3 Å². The summed E-state index contributed by atoms with van der Waals surface area (Å²) < 4.78 is 10.3. The first-order chi connectivity index (χ1) is 9.24. The SMILES string of the molecule is COc1ccc(C(=O)Nc2ccccc2)cc1OC.Cl. The number of carbonyl (C=O) groups is 1. The molecule has 0 saturated heterocycles. The second kappa shape index (κ2) is 7.40. The lowest BCUT2D eigenvalue weighted by Gasteiger charge is -2.10. The Hall–Kier alpha value is -2.20. The van der Waals surface area contributed by atoms with Gasteiger partial charge in [0.2, 0.25) is 0 Å². The van der Waals surface area contributed by atoms with Gasteiger partial charge in [-0.15, -0.1) is 12.4 Å². The van der Waals surface area contributed by atoms with Crippen LogP contribution in [0, 0.1) is 0 Å². The molecule has 0 fully saturated rings. The van der Waals surface area contributed by atoms with E-state index in [1.807, 2.05) is 30.3 Å². The Bertz CT molecular complexity index is 573. The van der Waals surface area contributed by atoms with E-state index in [1.165, 1.54) is 7.11 Å². The van der Waals surface area contributed by atoms with Crippen molar-refractivity contribution in [1.82, 2.24) is 0 Å². The van der Waals surface area contributed by atoms with Crippen LogP contribution in [-0.4, -0.2) is 20.1 Å². The van der Waals surface area contributed by atoms with Gasteiger partial charge in [-0.3, -0.25) is 4.79 Å². The van der Waals surface area contributed by atoms with Gasteiger partial charge < -0.3 is 14.8 Å². The largest absolute Gasteiger partial charge is 0.493 e. The molecular weight excluding hydrogens is 278 g/mol. The number of ether oxygens (including phenoxy) is 2. The van der Waals surface area contributed by atoms with Crippen molar-refractivity contribution in [1.29, 1.82) is 0 Å². The highest BCUT2D eigenvalue weighted by Crippen LogP contribution is 2.27. The minimum absolute atomic E-state index is 0. The molecular formula is C15H16ClNO3. The van der Waals surface area contributed by atoms with E-state index in [1.54, 1.807) is 25.3 Å². The Balaban J connectivity index is 0.00000200. The monoisotopic (exact) mass is 293 g/mol. The average molecular weight is 294 g/mol. The van der Waals surface area contributed by atoms with Crippen LogP contribution < -0.4 is 14.8 Å². The maximum absolute atomic E-state index is 12.1. The topological polar surface area (TPSA) is 47.6 Å². The van der Waals surface area contributed by atoms with E-state index >= 15 is 0 Å². The number of hydrogen-bond donors (Lipinski definition) is 1. The maximum Gasteiger partial charge on any atom is 0.255 e. The molecule has 106 valence electrons. The minimum Gasteiger partial charge on any atom is -0.493 e. The van der Waals surface area contributed by atoms with Crippen molar-refractivity contribution in [3.8, 4) is 11.5 Å². The highest BCUT2D eigenvalue weighted by atomic mass is 35.5. The lowest BCUT2D eigenvalue weighted by molar-refractivity contribution is 0.102. The molecule has 0 unspecified atom stereocenters. The third-order valence-corrected chi connectivity index (χ3v) is 2.68. The van der Waals surface area contributed by atoms with Crippen molar-refractivity contribution in [3.05, 3.63) is 54.1 Å². The Morgan fingerprint density at radius 2 is 1.60 bits per heavy atom. The average Bonchev–Trinajstić information content (AvgIpc) is 2.47. The van der Waals surface area contributed by atoms with Crippen LogP contribution in [-0.2, 0) is 0 Å². The van der Waals surface area contributed by atoms with E-state index < -0.39 is 0 Å². The second-order valence-electron chi connectivity index (χ2n) is 3.89. The fraction of sp³-hybridized carbons (Fsp3) is 0.133. The number of methoxy groups -OCH3 is 2. The molecule has 2 rings (SSSR count). The molecule has 0 atom stereocenters. The summed E-state index contributed by atoms with van der Waals surface area (Å²) in [4.78, 5) is 12.1. The van der Waals surface area contributed by atoms with Crippen molar-refractivity contribution in [2.75, 3.05) is 19.5 Å². The van der Waals surface area contributed by atoms with Crippen molar-refractivity contribution < 1.29 is 14.3 Å². The number of carbonyl (C=O) groups excluding carboxylic acids is 1. The summed E-state index contributed by atoms with van der Waals surface area (Å²) in [6, 6.07) is 14.3. The second-order valence-corrected chi connectivity index (χ2v) is 3.89. The summed E-state index contributed by atoms with van der Waals surface area (Å²) in [6.07, 6.45) is 0. The minimum atomic E-state index is -0.188. The molecule has 0 aliphatic rings. The number of nitrogens with one attached hydrogen (secondary N) is 1. The first-order valence-corrected chi connectivity index (χ1v) is 5.83. The third kappa shape index (κ3) is 3.65. The molecule has 0 aromatic heterocycles. The molecule has 0 saturated carbocycles. The lowest BCUT2D eigenvalue weighted by atomic mass is 10.2. The van der Waals surface area contributed by atoms with Crippen molar-refractivity contribution in [3.63, 3.8) is 0 Å². The van der Waals surface area contributed by atoms with Crippen LogP contribution in [0.4, 0.5) is 5.69 Å². The molecule has 5 heteroatoms. The highest BCUT2D eigenvalue weighted by molar-refractivity contribution is 6.04. The third-order valence-electron chi connectivity index (χ3n) is 2.68. The number of rotatable bonds is 4. The summed E-state index contributed by atoms with van der Waals surface area (Å²) in [6.45, 7) is 0. The molecule has 0 bridgehead atoms. The first-order valence-electron chi connectivity index (χ1n) is 5.83. The fourth-order valence-electron chi connectivity index (χ4n) is 1.70. The van der Waals surface area contributed by atoms with E-state index in [9.17, 15) is 4.79 Å². The smallest absolute Gasteiger partial charge is 0.255 e. The van der Waals surface area contributed by atoms with Gasteiger partial charge in [0.25, 0.3) is 5.91 Å².